The van der Waals surface area contributed by atoms with Gasteiger partial charge in [0.05, 0.1) is 11.3 Å². The Bertz CT molecular complexity index is 1180. The number of hydrogen-bond donors (Lipinski definition) is 1. The van der Waals surface area contributed by atoms with Gasteiger partial charge in [0, 0.05) is 17.9 Å². The Balaban J connectivity index is 1.75. The molecule has 3 aromatic carbocycles. The van der Waals surface area contributed by atoms with Crippen LogP contribution in [0.2, 0.25) is 0 Å². The zero-order chi connectivity index (χ0) is 21.1. The van der Waals surface area contributed by atoms with Gasteiger partial charge in [-0.15, -0.1) is 0 Å². The maximum Gasteiger partial charge on any atom is 0.253 e. The van der Waals surface area contributed by atoms with Crippen molar-refractivity contribution in [3.05, 3.63) is 113 Å². The van der Waals surface area contributed by atoms with E-state index in [9.17, 15) is 9.18 Å². The molecule has 1 amide bonds. The number of rotatable bonds is 5. The summed E-state index contributed by atoms with van der Waals surface area (Å²) in [6.07, 6.45) is 0. The SMILES string of the molecule is Cc1cccc(-n2c(-c3ccc(F)cc3)cc(C(=O)NCc3ccccc3)c2C)c1. The Hall–Kier alpha value is -3.66. The summed E-state index contributed by atoms with van der Waals surface area (Å²) in [5, 5.41) is 3.01. The number of aromatic nitrogens is 1. The molecule has 1 aromatic heterocycles. The minimum Gasteiger partial charge on any atom is -0.348 e. The molecule has 0 aliphatic heterocycles. The summed E-state index contributed by atoms with van der Waals surface area (Å²) < 4.78 is 15.5. The molecule has 1 N–H and O–H groups in total. The van der Waals surface area contributed by atoms with Crippen molar-refractivity contribution < 1.29 is 9.18 Å². The van der Waals surface area contributed by atoms with Gasteiger partial charge in [0.15, 0.2) is 0 Å². The first-order valence-corrected chi connectivity index (χ1v) is 9.90. The summed E-state index contributed by atoms with van der Waals surface area (Å²) in [6, 6.07) is 26.2. The van der Waals surface area contributed by atoms with Gasteiger partial charge in [-0.1, -0.05) is 42.5 Å². The lowest BCUT2D eigenvalue weighted by molar-refractivity contribution is 0.0950. The van der Waals surface area contributed by atoms with Gasteiger partial charge in [0.1, 0.15) is 5.82 Å². The molecular weight excluding hydrogens is 375 g/mol. The number of carbonyl (C=O) groups is 1. The van der Waals surface area contributed by atoms with Crippen LogP contribution < -0.4 is 5.32 Å². The molecule has 4 heteroatoms. The zero-order valence-electron chi connectivity index (χ0n) is 17.0. The van der Waals surface area contributed by atoms with Crippen LogP contribution in [-0.2, 0) is 6.54 Å². The van der Waals surface area contributed by atoms with Crippen LogP contribution >= 0.6 is 0 Å². The van der Waals surface area contributed by atoms with Gasteiger partial charge in [-0.2, -0.15) is 0 Å². The van der Waals surface area contributed by atoms with Crippen LogP contribution in [0.25, 0.3) is 16.9 Å². The summed E-state index contributed by atoms with van der Waals surface area (Å²) in [7, 11) is 0. The lowest BCUT2D eigenvalue weighted by Gasteiger charge is -2.13. The first-order chi connectivity index (χ1) is 14.5. The largest absolute Gasteiger partial charge is 0.348 e. The van der Waals surface area contributed by atoms with E-state index in [-0.39, 0.29) is 11.7 Å². The Morgan fingerprint density at radius 3 is 2.33 bits per heavy atom. The smallest absolute Gasteiger partial charge is 0.253 e. The monoisotopic (exact) mass is 398 g/mol. The summed E-state index contributed by atoms with van der Waals surface area (Å²) >= 11 is 0. The van der Waals surface area contributed by atoms with Crippen molar-refractivity contribution in [2.45, 2.75) is 20.4 Å². The predicted octanol–water partition coefficient (Wildman–Crippen LogP) is 5.83. The van der Waals surface area contributed by atoms with E-state index in [1.54, 1.807) is 12.1 Å². The highest BCUT2D eigenvalue weighted by molar-refractivity contribution is 5.97. The molecule has 0 aliphatic carbocycles. The van der Waals surface area contributed by atoms with Crippen LogP contribution in [0.3, 0.4) is 0 Å². The van der Waals surface area contributed by atoms with Gasteiger partial charge in [-0.3, -0.25) is 4.79 Å². The molecule has 3 nitrogen and oxygen atoms in total. The number of halogens is 1. The average molecular weight is 398 g/mol. The maximum absolute atomic E-state index is 13.5. The minimum absolute atomic E-state index is 0.133. The van der Waals surface area contributed by atoms with Gasteiger partial charge in [0.25, 0.3) is 5.91 Å². The number of aryl methyl sites for hydroxylation is 1. The van der Waals surface area contributed by atoms with E-state index in [0.29, 0.717) is 12.1 Å². The Morgan fingerprint density at radius 2 is 1.63 bits per heavy atom. The normalized spacial score (nSPS) is 10.8. The number of carbonyl (C=O) groups excluding carboxylic acids is 1. The highest BCUT2D eigenvalue weighted by Crippen LogP contribution is 2.30. The van der Waals surface area contributed by atoms with Gasteiger partial charge < -0.3 is 9.88 Å². The third-order valence-electron chi connectivity index (χ3n) is 5.19. The molecule has 4 aromatic rings. The molecule has 4 rings (SSSR count). The summed E-state index contributed by atoms with van der Waals surface area (Å²) in [6.45, 7) is 4.43. The van der Waals surface area contributed by atoms with Crippen molar-refractivity contribution in [3.63, 3.8) is 0 Å². The summed E-state index contributed by atoms with van der Waals surface area (Å²) in [4.78, 5) is 13.0. The van der Waals surface area contributed by atoms with Gasteiger partial charge in [0.2, 0.25) is 0 Å². The Labute approximate surface area is 175 Å². The molecule has 30 heavy (non-hydrogen) atoms. The second kappa shape index (κ2) is 8.37. The highest BCUT2D eigenvalue weighted by atomic mass is 19.1. The van der Waals surface area contributed by atoms with Gasteiger partial charge in [-0.05, 0) is 73.0 Å². The molecule has 0 aliphatic rings. The third kappa shape index (κ3) is 4.03. The van der Waals surface area contributed by atoms with Crippen LogP contribution in [0.15, 0.2) is 84.9 Å². The van der Waals surface area contributed by atoms with E-state index in [4.69, 9.17) is 0 Å². The van der Waals surface area contributed by atoms with Crippen molar-refractivity contribution >= 4 is 5.91 Å². The molecule has 0 fully saturated rings. The van der Waals surface area contributed by atoms with E-state index in [1.807, 2.05) is 68.4 Å². The first-order valence-electron chi connectivity index (χ1n) is 9.90. The van der Waals surface area contributed by atoms with E-state index in [1.165, 1.54) is 12.1 Å². The maximum atomic E-state index is 13.5. The number of benzene rings is 3. The van der Waals surface area contributed by atoms with Gasteiger partial charge >= 0.3 is 0 Å². The molecule has 0 saturated heterocycles. The van der Waals surface area contributed by atoms with E-state index >= 15 is 0 Å². The molecule has 0 atom stereocenters. The van der Waals surface area contributed by atoms with Crippen molar-refractivity contribution in [3.8, 4) is 16.9 Å². The van der Waals surface area contributed by atoms with E-state index < -0.39 is 0 Å². The lowest BCUT2D eigenvalue weighted by atomic mass is 10.1. The standard InChI is InChI=1S/C26H23FN2O/c1-18-7-6-10-23(15-18)29-19(2)24(16-25(29)21-11-13-22(27)14-12-21)26(30)28-17-20-8-4-3-5-9-20/h3-16H,17H2,1-2H3,(H,28,30). The van der Waals surface area contributed by atoms with Crippen LogP contribution in [0, 0.1) is 19.7 Å². The van der Waals surface area contributed by atoms with Crippen LogP contribution in [0.4, 0.5) is 4.39 Å². The first kappa shape index (κ1) is 19.6. The summed E-state index contributed by atoms with van der Waals surface area (Å²) in [5.74, 6) is -0.420. The van der Waals surface area contributed by atoms with Crippen LogP contribution in [0.5, 0.6) is 0 Å². The average Bonchev–Trinajstić information content (AvgIpc) is 3.10. The second-order valence-electron chi connectivity index (χ2n) is 7.38. The molecule has 150 valence electrons. The number of nitrogens with zero attached hydrogens (tertiary/aromatic N) is 1. The van der Waals surface area contributed by atoms with Gasteiger partial charge in [-0.25, -0.2) is 4.39 Å². The minimum atomic E-state index is -0.287. The molecular formula is C26H23FN2O. The molecule has 0 radical (unpaired) electrons. The number of hydrogen-bond acceptors (Lipinski definition) is 1. The molecule has 0 saturated carbocycles. The van der Waals surface area contributed by atoms with Crippen LogP contribution in [0.1, 0.15) is 27.2 Å². The molecule has 0 spiro atoms. The Kier molecular flexibility index (Phi) is 5.48. The van der Waals surface area contributed by atoms with Crippen LogP contribution in [-0.4, -0.2) is 10.5 Å². The molecule has 0 unspecified atom stereocenters. The molecule has 1 heterocycles. The zero-order valence-corrected chi connectivity index (χ0v) is 17.0. The topological polar surface area (TPSA) is 34.0 Å². The van der Waals surface area contributed by atoms with E-state index in [2.05, 4.69) is 16.0 Å². The fourth-order valence-electron chi connectivity index (χ4n) is 3.64. The van der Waals surface area contributed by atoms with Crippen molar-refractivity contribution in [2.24, 2.45) is 0 Å². The van der Waals surface area contributed by atoms with Crippen molar-refractivity contribution in [1.82, 2.24) is 9.88 Å². The summed E-state index contributed by atoms with van der Waals surface area (Å²) in [5.41, 5.74) is 6.28. The predicted molar refractivity (Wildman–Crippen MR) is 118 cm³/mol. The third-order valence-corrected chi connectivity index (χ3v) is 5.19. The molecule has 0 bridgehead atoms. The number of nitrogens with one attached hydrogen (secondary N) is 1. The van der Waals surface area contributed by atoms with Crippen molar-refractivity contribution in [1.29, 1.82) is 0 Å². The Morgan fingerprint density at radius 1 is 0.900 bits per heavy atom. The fraction of sp³-hybridized carbons (Fsp3) is 0.115. The lowest BCUT2D eigenvalue weighted by Crippen LogP contribution is -2.23. The fourth-order valence-corrected chi connectivity index (χ4v) is 3.64. The highest BCUT2D eigenvalue weighted by Gasteiger charge is 2.19. The van der Waals surface area contributed by atoms with Crippen molar-refractivity contribution in [2.75, 3.05) is 0 Å². The quantitative estimate of drug-likeness (QED) is 0.451. The second-order valence-corrected chi connectivity index (χ2v) is 7.38. The number of amides is 1. The van der Waals surface area contributed by atoms with E-state index in [0.717, 1.165) is 33.8 Å².